The second kappa shape index (κ2) is 8.35. The van der Waals surface area contributed by atoms with Crippen molar-refractivity contribution in [2.24, 2.45) is 0 Å². The molecule has 0 bridgehead atoms. The topological polar surface area (TPSA) is 98.9 Å². The fraction of sp³-hybridized carbons (Fsp3) is 0.292. The quantitative estimate of drug-likeness (QED) is 0.480. The molecule has 0 radical (unpaired) electrons. The first-order valence-corrected chi connectivity index (χ1v) is 10.5. The number of benzene rings is 1. The number of aromatic nitrogens is 2. The molecule has 1 aliphatic carbocycles. The molecule has 4 N–H and O–H groups in total. The summed E-state index contributed by atoms with van der Waals surface area (Å²) in [5.41, 5.74) is 4.28. The van der Waals surface area contributed by atoms with E-state index < -0.39 is 5.54 Å². The van der Waals surface area contributed by atoms with E-state index >= 15 is 0 Å². The molecule has 0 fully saturated rings. The van der Waals surface area contributed by atoms with Crippen molar-refractivity contribution in [1.82, 2.24) is 15.3 Å². The Morgan fingerprint density at radius 1 is 1.13 bits per heavy atom. The molecule has 7 heteroatoms. The maximum absolute atomic E-state index is 12.8. The number of carbonyl (C=O) groups is 2. The number of rotatable bonds is 6. The van der Waals surface area contributed by atoms with Crippen LogP contribution < -0.4 is 16.0 Å². The fourth-order valence-corrected chi connectivity index (χ4v) is 3.65. The van der Waals surface area contributed by atoms with Gasteiger partial charge in [0.05, 0.1) is 22.5 Å². The van der Waals surface area contributed by atoms with Crippen molar-refractivity contribution >= 4 is 28.9 Å². The SMILES string of the molecule is CNC(C)(C)C(=O)Nc1cc(-c2[nH]c3c(c2Nc2ccccc2)C(=O)CCC3)ccn1. The molecular weight excluding hydrogens is 390 g/mol. The lowest BCUT2D eigenvalue weighted by Gasteiger charge is -2.22. The van der Waals surface area contributed by atoms with E-state index in [0.29, 0.717) is 12.2 Å². The van der Waals surface area contributed by atoms with Gasteiger partial charge in [0.1, 0.15) is 5.82 Å². The summed E-state index contributed by atoms with van der Waals surface area (Å²) < 4.78 is 0. The standard InChI is InChI=1S/C24H27N5O2/c1-24(2,25-3)23(31)29-19-14-15(12-13-26-19)21-22(27-16-8-5-4-6-9-16)20-17(28-21)10-7-11-18(20)30/h4-6,8-9,12-14,25,27-28H,7,10-11H2,1-3H3,(H,26,29,31). The number of anilines is 3. The van der Waals surface area contributed by atoms with E-state index in [2.05, 4.69) is 25.9 Å². The van der Waals surface area contributed by atoms with E-state index in [1.165, 1.54) is 0 Å². The van der Waals surface area contributed by atoms with Gasteiger partial charge in [0.15, 0.2) is 5.78 Å². The number of ketones is 1. The molecule has 4 rings (SSSR count). The van der Waals surface area contributed by atoms with Crippen LogP contribution in [0.4, 0.5) is 17.2 Å². The highest BCUT2D eigenvalue weighted by atomic mass is 16.2. The van der Waals surface area contributed by atoms with Crippen LogP contribution in [-0.4, -0.2) is 34.2 Å². The summed E-state index contributed by atoms with van der Waals surface area (Å²) in [5.74, 6) is 0.416. The number of H-pyrrole nitrogens is 1. The molecule has 2 aromatic heterocycles. The number of pyridine rings is 1. The van der Waals surface area contributed by atoms with Gasteiger partial charge in [0.25, 0.3) is 0 Å². The summed E-state index contributed by atoms with van der Waals surface area (Å²) in [6.07, 6.45) is 3.87. The molecular formula is C24H27N5O2. The van der Waals surface area contributed by atoms with Crippen molar-refractivity contribution in [3.05, 3.63) is 59.9 Å². The van der Waals surface area contributed by atoms with Crippen molar-refractivity contribution in [3.8, 4) is 11.3 Å². The first-order chi connectivity index (χ1) is 14.9. The highest BCUT2D eigenvalue weighted by Gasteiger charge is 2.28. The zero-order valence-electron chi connectivity index (χ0n) is 18.0. The number of fused-ring (bicyclic) bond motifs is 1. The number of para-hydroxylation sites is 1. The number of aromatic amines is 1. The molecule has 2 heterocycles. The maximum atomic E-state index is 12.8. The summed E-state index contributed by atoms with van der Waals surface area (Å²) >= 11 is 0. The monoisotopic (exact) mass is 417 g/mol. The largest absolute Gasteiger partial charge is 0.356 e. The molecule has 1 aliphatic rings. The van der Waals surface area contributed by atoms with Crippen LogP contribution in [0.25, 0.3) is 11.3 Å². The van der Waals surface area contributed by atoms with E-state index in [-0.39, 0.29) is 11.7 Å². The van der Waals surface area contributed by atoms with Gasteiger partial charge in [0, 0.05) is 29.6 Å². The Morgan fingerprint density at radius 3 is 2.65 bits per heavy atom. The second-order valence-electron chi connectivity index (χ2n) is 8.26. The third-order valence-electron chi connectivity index (χ3n) is 5.71. The molecule has 0 unspecified atom stereocenters. The molecule has 7 nitrogen and oxygen atoms in total. The summed E-state index contributed by atoms with van der Waals surface area (Å²) in [5, 5.41) is 9.29. The van der Waals surface area contributed by atoms with E-state index in [0.717, 1.165) is 46.7 Å². The number of amides is 1. The lowest BCUT2D eigenvalue weighted by molar-refractivity contribution is -0.121. The third-order valence-corrected chi connectivity index (χ3v) is 5.71. The van der Waals surface area contributed by atoms with Gasteiger partial charge in [-0.05, 0) is 58.0 Å². The van der Waals surface area contributed by atoms with E-state index in [9.17, 15) is 9.59 Å². The number of aryl methyl sites for hydroxylation is 1. The van der Waals surface area contributed by atoms with Crippen LogP contribution in [0.1, 0.15) is 42.7 Å². The van der Waals surface area contributed by atoms with Crippen LogP contribution in [0.3, 0.4) is 0 Å². The van der Waals surface area contributed by atoms with Gasteiger partial charge >= 0.3 is 0 Å². The van der Waals surface area contributed by atoms with Gasteiger partial charge in [-0.1, -0.05) is 18.2 Å². The van der Waals surface area contributed by atoms with Crippen LogP contribution in [0.15, 0.2) is 48.7 Å². The third kappa shape index (κ3) is 4.22. The minimum Gasteiger partial charge on any atom is -0.356 e. The van der Waals surface area contributed by atoms with Gasteiger partial charge in [0.2, 0.25) is 5.91 Å². The Labute approximate surface area is 181 Å². The summed E-state index contributed by atoms with van der Waals surface area (Å²) in [4.78, 5) is 33.1. The van der Waals surface area contributed by atoms with Gasteiger partial charge in [-0.3, -0.25) is 9.59 Å². The second-order valence-corrected chi connectivity index (χ2v) is 8.26. The number of hydrogen-bond donors (Lipinski definition) is 4. The minimum absolute atomic E-state index is 0.139. The zero-order valence-corrected chi connectivity index (χ0v) is 18.0. The van der Waals surface area contributed by atoms with Gasteiger partial charge in [-0.15, -0.1) is 0 Å². The predicted molar refractivity (Wildman–Crippen MR) is 123 cm³/mol. The Hall–Kier alpha value is -3.45. The van der Waals surface area contributed by atoms with Gasteiger partial charge < -0.3 is 20.9 Å². The first kappa shape index (κ1) is 20.8. The Bertz CT molecular complexity index is 1120. The number of carbonyl (C=O) groups excluding carboxylic acids is 2. The number of Topliss-reactive ketones (excluding diaryl/α,β-unsaturated/α-hetero) is 1. The Morgan fingerprint density at radius 2 is 1.90 bits per heavy atom. The van der Waals surface area contributed by atoms with Crippen LogP contribution in [0.5, 0.6) is 0 Å². The predicted octanol–water partition coefficient (Wildman–Crippen LogP) is 4.28. The highest BCUT2D eigenvalue weighted by molar-refractivity contribution is 6.07. The maximum Gasteiger partial charge on any atom is 0.245 e. The van der Waals surface area contributed by atoms with Crippen LogP contribution >= 0.6 is 0 Å². The first-order valence-electron chi connectivity index (χ1n) is 10.5. The lowest BCUT2D eigenvalue weighted by atomic mass is 9.95. The summed E-state index contributed by atoms with van der Waals surface area (Å²) in [6.45, 7) is 3.61. The molecule has 0 spiro atoms. The average Bonchev–Trinajstić information content (AvgIpc) is 3.14. The van der Waals surface area contributed by atoms with Crippen molar-refractivity contribution < 1.29 is 9.59 Å². The van der Waals surface area contributed by atoms with Gasteiger partial charge in [-0.25, -0.2) is 4.98 Å². The van der Waals surface area contributed by atoms with Gasteiger partial charge in [-0.2, -0.15) is 0 Å². The summed E-state index contributed by atoms with van der Waals surface area (Å²) in [6, 6.07) is 13.5. The Balaban J connectivity index is 1.74. The molecule has 0 atom stereocenters. The van der Waals surface area contributed by atoms with E-state index in [1.807, 2.05) is 42.5 Å². The molecule has 1 aromatic carbocycles. The highest BCUT2D eigenvalue weighted by Crippen LogP contribution is 2.39. The number of likely N-dealkylation sites (N-methyl/N-ethyl adjacent to an activating group) is 1. The zero-order chi connectivity index (χ0) is 22.0. The number of nitrogens with one attached hydrogen (secondary N) is 4. The molecule has 31 heavy (non-hydrogen) atoms. The fourth-order valence-electron chi connectivity index (χ4n) is 3.65. The molecule has 0 saturated heterocycles. The van der Waals surface area contributed by atoms with Crippen LogP contribution in [0, 0.1) is 0 Å². The molecule has 0 aliphatic heterocycles. The van der Waals surface area contributed by atoms with E-state index in [1.54, 1.807) is 27.1 Å². The van der Waals surface area contributed by atoms with Crippen molar-refractivity contribution in [2.45, 2.75) is 38.6 Å². The average molecular weight is 418 g/mol. The van der Waals surface area contributed by atoms with Crippen molar-refractivity contribution in [3.63, 3.8) is 0 Å². The number of nitrogens with zero attached hydrogens (tertiary/aromatic N) is 1. The molecule has 160 valence electrons. The van der Waals surface area contributed by atoms with E-state index in [4.69, 9.17) is 0 Å². The number of hydrogen-bond acceptors (Lipinski definition) is 5. The van der Waals surface area contributed by atoms with Crippen LogP contribution in [-0.2, 0) is 11.2 Å². The molecule has 1 amide bonds. The smallest absolute Gasteiger partial charge is 0.245 e. The lowest BCUT2D eigenvalue weighted by Crippen LogP contribution is -2.48. The van der Waals surface area contributed by atoms with Crippen LogP contribution in [0.2, 0.25) is 0 Å². The van der Waals surface area contributed by atoms with Crippen molar-refractivity contribution in [1.29, 1.82) is 0 Å². The molecule has 3 aromatic rings. The van der Waals surface area contributed by atoms with Crippen molar-refractivity contribution in [2.75, 3.05) is 17.7 Å². The molecule has 0 saturated carbocycles. The Kier molecular flexibility index (Phi) is 5.61. The minimum atomic E-state index is -0.727. The summed E-state index contributed by atoms with van der Waals surface area (Å²) in [7, 11) is 1.74. The normalized spacial score (nSPS) is 13.6.